The molecule has 0 aliphatic heterocycles. The third-order valence-corrected chi connectivity index (χ3v) is 3.92. The summed E-state index contributed by atoms with van der Waals surface area (Å²) in [6.45, 7) is 1.91. The van der Waals surface area contributed by atoms with Gasteiger partial charge in [-0.25, -0.2) is 4.79 Å². The quantitative estimate of drug-likeness (QED) is 0.757. The Morgan fingerprint density at radius 3 is 2.71 bits per heavy atom. The summed E-state index contributed by atoms with van der Waals surface area (Å²) in [5.41, 5.74) is 5.62. The molecular formula is C15H22N4O2. The number of rotatable bonds is 5. The summed E-state index contributed by atoms with van der Waals surface area (Å²) in [5, 5.41) is 5.62. The van der Waals surface area contributed by atoms with E-state index in [9.17, 15) is 9.59 Å². The molecular weight excluding hydrogens is 268 g/mol. The van der Waals surface area contributed by atoms with Gasteiger partial charge in [0.25, 0.3) is 0 Å². The third kappa shape index (κ3) is 3.93. The maximum Gasteiger partial charge on any atom is 0.315 e. The van der Waals surface area contributed by atoms with Crippen molar-refractivity contribution in [3.8, 4) is 0 Å². The van der Waals surface area contributed by atoms with E-state index in [1.54, 1.807) is 12.4 Å². The van der Waals surface area contributed by atoms with Gasteiger partial charge < -0.3 is 16.4 Å². The smallest absolute Gasteiger partial charge is 0.315 e. The summed E-state index contributed by atoms with van der Waals surface area (Å²) in [6, 6.07) is 3.43. The SMILES string of the molecule is C[C@H](Cc1cccnc1)NC(=O)NC1(C(N)=O)CCCC1. The largest absolute Gasteiger partial charge is 0.368 e. The zero-order valence-corrected chi connectivity index (χ0v) is 12.3. The van der Waals surface area contributed by atoms with Gasteiger partial charge in [0.15, 0.2) is 0 Å². The van der Waals surface area contributed by atoms with Crippen LogP contribution < -0.4 is 16.4 Å². The van der Waals surface area contributed by atoms with Gasteiger partial charge in [0.05, 0.1) is 0 Å². The van der Waals surface area contributed by atoms with E-state index in [1.165, 1.54) is 0 Å². The second-order valence-electron chi connectivity index (χ2n) is 5.72. The van der Waals surface area contributed by atoms with E-state index in [1.807, 2.05) is 19.1 Å². The monoisotopic (exact) mass is 290 g/mol. The Kier molecular flexibility index (Phi) is 4.77. The number of primary amides is 1. The standard InChI is InChI=1S/C15H22N4O2/c1-11(9-12-5-4-8-17-10-12)18-14(21)19-15(13(16)20)6-2-3-7-15/h4-5,8,10-11H,2-3,6-7,9H2,1H3,(H2,16,20)(H2,18,19,21)/t11-/m1/s1. The third-order valence-electron chi connectivity index (χ3n) is 3.92. The number of nitrogens with one attached hydrogen (secondary N) is 2. The number of nitrogens with zero attached hydrogens (tertiary/aromatic N) is 1. The maximum absolute atomic E-state index is 12.1. The molecule has 0 bridgehead atoms. The molecule has 1 heterocycles. The first-order valence-corrected chi connectivity index (χ1v) is 7.29. The molecule has 1 aliphatic carbocycles. The Morgan fingerprint density at radius 1 is 1.43 bits per heavy atom. The van der Waals surface area contributed by atoms with Crippen molar-refractivity contribution in [1.29, 1.82) is 0 Å². The molecule has 0 saturated heterocycles. The van der Waals surface area contributed by atoms with Crippen LogP contribution >= 0.6 is 0 Å². The van der Waals surface area contributed by atoms with Crippen molar-refractivity contribution < 1.29 is 9.59 Å². The van der Waals surface area contributed by atoms with Gasteiger partial charge >= 0.3 is 6.03 Å². The first-order valence-electron chi connectivity index (χ1n) is 7.29. The predicted molar refractivity (Wildman–Crippen MR) is 79.5 cm³/mol. The number of amides is 3. The molecule has 1 atom stereocenters. The molecule has 21 heavy (non-hydrogen) atoms. The van der Waals surface area contributed by atoms with Crippen LogP contribution in [0.5, 0.6) is 0 Å². The summed E-state index contributed by atoms with van der Waals surface area (Å²) in [7, 11) is 0. The van der Waals surface area contributed by atoms with Crippen LogP contribution in [0.15, 0.2) is 24.5 Å². The van der Waals surface area contributed by atoms with Crippen LogP contribution in [0.4, 0.5) is 4.79 Å². The fourth-order valence-electron chi connectivity index (χ4n) is 2.81. The van der Waals surface area contributed by atoms with Gasteiger partial charge in [-0.15, -0.1) is 0 Å². The molecule has 2 rings (SSSR count). The topological polar surface area (TPSA) is 97.1 Å². The van der Waals surface area contributed by atoms with Gasteiger partial charge in [0.2, 0.25) is 5.91 Å². The van der Waals surface area contributed by atoms with Crippen molar-refractivity contribution in [3.05, 3.63) is 30.1 Å². The van der Waals surface area contributed by atoms with Crippen LogP contribution in [0.1, 0.15) is 38.2 Å². The van der Waals surface area contributed by atoms with Crippen molar-refractivity contribution >= 4 is 11.9 Å². The lowest BCUT2D eigenvalue weighted by Crippen LogP contribution is -2.59. The number of nitrogens with two attached hydrogens (primary N) is 1. The highest BCUT2D eigenvalue weighted by atomic mass is 16.2. The number of pyridine rings is 1. The lowest BCUT2D eigenvalue weighted by Gasteiger charge is -2.27. The molecule has 1 aromatic rings. The minimum absolute atomic E-state index is 0.0551. The van der Waals surface area contributed by atoms with Crippen LogP contribution in [0.25, 0.3) is 0 Å². The van der Waals surface area contributed by atoms with Gasteiger partial charge in [0, 0.05) is 18.4 Å². The van der Waals surface area contributed by atoms with Crippen molar-refractivity contribution in [2.75, 3.05) is 0 Å². The molecule has 0 radical (unpaired) electrons. The molecule has 1 fully saturated rings. The van der Waals surface area contributed by atoms with Gasteiger partial charge in [-0.3, -0.25) is 9.78 Å². The van der Waals surface area contributed by atoms with Crippen LogP contribution in [0, 0.1) is 0 Å². The molecule has 3 amide bonds. The number of hydrogen-bond donors (Lipinski definition) is 3. The van der Waals surface area contributed by atoms with Crippen LogP contribution in [-0.4, -0.2) is 28.5 Å². The molecule has 1 aromatic heterocycles. The number of carbonyl (C=O) groups excluding carboxylic acids is 2. The second-order valence-corrected chi connectivity index (χ2v) is 5.72. The number of carbonyl (C=O) groups is 2. The van der Waals surface area contributed by atoms with E-state index in [-0.39, 0.29) is 12.1 Å². The highest BCUT2D eigenvalue weighted by Crippen LogP contribution is 2.29. The van der Waals surface area contributed by atoms with E-state index in [0.717, 1.165) is 18.4 Å². The number of aromatic nitrogens is 1. The Labute approximate surface area is 124 Å². The summed E-state index contributed by atoms with van der Waals surface area (Å²) in [5.74, 6) is -0.449. The van der Waals surface area contributed by atoms with E-state index < -0.39 is 11.4 Å². The van der Waals surface area contributed by atoms with E-state index in [2.05, 4.69) is 15.6 Å². The minimum Gasteiger partial charge on any atom is -0.368 e. The Hall–Kier alpha value is -2.11. The maximum atomic E-state index is 12.1. The van der Waals surface area contributed by atoms with Crippen molar-refractivity contribution in [3.63, 3.8) is 0 Å². The fourth-order valence-corrected chi connectivity index (χ4v) is 2.81. The molecule has 1 aliphatic rings. The number of urea groups is 1. The first-order chi connectivity index (χ1) is 10.0. The molecule has 0 aromatic carbocycles. The zero-order valence-electron chi connectivity index (χ0n) is 12.3. The highest BCUT2D eigenvalue weighted by Gasteiger charge is 2.40. The molecule has 6 nitrogen and oxygen atoms in total. The summed E-state index contributed by atoms with van der Waals surface area (Å²) < 4.78 is 0. The highest BCUT2D eigenvalue weighted by molar-refractivity contribution is 5.90. The average Bonchev–Trinajstić information content (AvgIpc) is 2.89. The zero-order chi connectivity index (χ0) is 15.3. The van der Waals surface area contributed by atoms with E-state index in [4.69, 9.17) is 5.73 Å². The van der Waals surface area contributed by atoms with Crippen molar-refractivity contribution in [2.45, 2.75) is 50.6 Å². The summed E-state index contributed by atoms with van der Waals surface area (Å²) in [4.78, 5) is 27.7. The normalized spacial score (nSPS) is 18.0. The fraction of sp³-hybridized carbons (Fsp3) is 0.533. The minimum atomic E-state index is -0.877. The van der Waals surface area contributed by atoms with Crippen molar-refractivity contribution in [2.24, 2.45) is 5.73 Å². The summed E-state index contributed by atoms with van der Waals surface area (Å²) in [6.07, 6.45) is 7.23. The molecule has 1 saturated carbocycles. The van der Waals surface area contributed by atoms with E-state index >= 15 is 0 Å². The van der Waals surface area contributed by atoms with Gasteiger partial charge in [0.1, 0.15) is 5.54 Å². The predicted octanol–water partition coefficient (Wildman–Crippen LogP) is 1.11. The molecule has 0 spiro atoms. The Bertz CT molecular complexity index is 498. The van der Waals surface area contributed by atoms with Crippen molar-refractivity contribution in [1.82, 2.24) is 15.6 Å². The number of hydrogen-bond acceptors (Lipinski definition) is 3. The second kappa shape index (κ2) is 6.56. The van der Waals surface area contributed by atoms with Crippen LogP contribution in [-0.2, 0) is 11.2 Å². The Morgan fingerprint density at radius 2 is 2.14 bits per heavy atom. The van der Waals surface area contributed by atoms with Crippen LogP contribution in [0.2, 0.25) is 0 Å². The Balaban J connectivity index is 1.87. The van der Waals surface area contributed by atoms with Crippen LogP contribution in [0.3, 0.4) is 0 Å². The lowest BCUT2D eigenvalue weighted by atomic mass is 9.97. The molecule has 0 unspecified atom stereocenters. The van der Waals surface area contributed by atoms with Gasteiger partial charge in [-0.05, 0) is 37.8 Å². The lowest BCUT2D eigenvalue weighted by molar-refractivity contribution is -0.123. The van der Waals surface area contributed by atoms with Gasteiger partial charge in [-0.2, -0.15) is 0 Å². The first kappa shape index (κ1) is 15.3. The molecule has 4 N–H and O–H groups in total. The van der Waals surface area contributed by atoms with Gasteiger partial charge in [-0.1, -0.05) is 18.9 Å². The van der Waals surface area contributed by atoms with E-state index in [0.29, 0.717) is 19.3 Å². The molecule has 114 valence electrons. The summed E-state index contributed by atoms with van der Waals surface area (Å²) >= 11 is 0. The molecule has 6 heteroatoms. The average molecular weight is 290 g/mol.